The molecule has 9 amide bonds. The first-order chi connectivity index (χ1) is 32.2. The molecule has 0 radical (unpaired) electrons. The van der Waals surface area contributed by atoms with Crippen molar-refractivity contribution in [3.05, 3.63) is 71.8 Å². The number of primary amides is 1. The van der Waals surface area contributed by atoms with Crippen LogP contribution < -0.4 is 37.7 Å². The van der Waals surface area contributed by atoms with Gasteiger partial charge in [-0.25, -0.2) is 14.4 Å². The van der Waals surface area contributed by atoms with Gasteiger partial charge >= 0.3 is 18.2 Å². The van der Waals surface area contributed by atoms with Crippen molar-refractivity contribution in [2.45, 2.75) is 136 Å². The maximum atomic E-state index is 14.4. The van der Waals surface area contributed by atoms with Crippen molar-refractivity contribution in [3.63, 3.8) is 0 Å². The number of para-hydroxylation sites is 1. The normalized spacial score (nSPS) is 13.4. The highest BCUT2D eigenvalue weighted by molar-refractivity contribution is 7.97. The molecule has 9 N–H and O–H groups in total. The van der Waals surface area contributed by atoms with Gasteiger partial charge in [-0.05, 0) is 89.0 Å². The Bertz CT molecular complexity index is 2190. The molecule has 0 aliphatic rings. The topological polar surface area (TPSA) is 283 Å². The highest BCUT2D eigenvalue weighted by atomic mass is 32.2. The number of carbonyl (C=O) groups excluding carboxylic acids is 8. The van der Waals surface area contributed by atoms with Crippen LogP contribution in [0.25, 0.3) is 0 Å². The largest absolute Gasteiger partial charge is 0.444 e. The molecule has 2 aromatic carbocycles. The number of hydrazine groups is 1. The van der Waals surface area contributed by atoms with Crippen molar-refractivity contribution in [3.8, 4) is 0 Å². The van der Waals surface area contributed by atoms with E-state index in [0.29, 0.717) is 16.5 Å². The van der Waals surface area contributed by atoms with Crippen LogP contribution in [-0.4, -0.2) is 130 Å². The minimum Gasteiger partial charge on any atom is -0.444 e. The summed E-state index contributed by atoms with van der Waals surface area (Å²) in [6, 6.07) is 11.5. The van der Waals surface area contributed by atoms with E-state index >= 15 is 0 Å². The number of alkyl carbamates (subject to hydrolysis) is 1. The van der Waals surface area contributed by atoms with Gasteiger partial charge in [-0.1, -0.05) is 83.2 Å². The third-order valence-electron chi connectivity index (χ3n) is 10.3. The van der Waals surface area contributed by atoms with Crippen LogP contribution in [0, 0.1) is 5.41 Å². The van der Waals surface area contributed by atoms with E-state index < -0.39 is 94.5 Å². The van der Waals surface area contributed by atoms with Gasteiger partial charge in [0.15, 0.2) is 0 Å². The Morgan fingerprint density at radius 3 is 1.94 bits per heavy atom. The number of nitrogens with two attached hydrogens (primary N) is 1. The van der Waals surface area contributed by atoms with Crippen LogP contribution in [0.1, 0.15) is 101 Å². The number of nitrogens with one attached hydrogen (secondary N) is 6. The van der Waals surface area contributed by atoms with E-state index in [4.69, 9.17) is 15.2 Å². The molecule has 388 valence electrons. The quantitative estimate of drug-likeness (QED) is 0.0356. The summed E-state index contributed by atoms with van der Waals surface area (Å²) in [6.07, 6.45) is 0.213. The number of hydrogen-bond acceptors (Lipinski definition) is 13. The summed E-state index contributed by atoms with van der Waals surface area (Å²) in [5.74, 6) is -3.15. The lowest BCUT2D eigenvalue weighted by atomic mass is 9.76. The van der Waals surface area contributed by atoms with Gasteiger partial charge < -0.3 is 46.7 Å². The Hall–Kier alpha value is -6.39. The summed E-state index contributed by atoms with van der Waals surface area (Å²) < 4.78 is 11.2. The summed E-state index contributed by atoms with van der Waals surface area (Å²) in [7, 11) is 3.00. The first kappa shape index (κ1) is 59.7. The molecule has 0 saturated heterocycles. The second kappa shape index (κ2) is 26.0. The zero-order chi connectivity index (χ0) is 53.4. The Morgan fingerprint density at radius 1 is 0.786 bits per heavy atom. The lowest BCUT2D eigenvalue weighted by Crippen LogP contribution is -2.62. The first-order valence-electron chi connectivity index (χ1n) is 22.6. The molecule has 3 unspecified atom stereocenters. The number of anilines is 1. The Balaban J connectivity index is 2.21. The van der Waals surface area contributed by atoms with Gasteiger partial charge in [0.2, 0.25) is 23.6 Å². The number of carbonyl (C=O) groups is 8. The number of amides is 9. The monoisotopic (exact) mass is 999 g/mol. The fourth-order valence-corrected chi connectivity index (χ4v) is 7.33. The molecular formula is C48H74N10O11S. The third kappa shape index (κ3) is 20.3. The van der Waals surface area contributed by atoms with Crippen LogP contribution in [0.2, 0.25) is 0 Å². The van der Waals surface area contributed by atoms with Crippen LogP contribution in [0.4, 0.5) is 20.1 Å². The van der Waals surface area contributed by atoms with E-state index in [1.807, 2.05) is 44.2 Å². The predicted molar refractivity (Wildman–Crippen MR) is 266 cm³/mol. The van der Waals surface area contributed by atoms with Gasteiger partial charge in [0.05, 0.1) is 10.6 Å². The molecule has 0 spiro atoms. The molecule has 3 atom stereocenters. The fraction of sp³-hybridized carbons (Fsp3) is 0.542. The van der Waals surface area contributed by atoms with E-state index in [0.717, 1.165) is 5.56 Å². The van der Waals surface area contributed by atoms with Crippen molar-refractivity contribution >= 4 is 65.4 Å². The summed E-state index contributed by atoms with van der Waals surface area (Å²) in [5, 5.41) is 23.8. The number of hydrogen-bond donors (Lipinski definition) is 8. The lowest BCUT2D eigenvalue weighted by Gasteiger charge is -2.42. The number of rotatable bonds is 21. The molecule has 0 bridgehead atoms. The van der Waals surface area contributed by atoms with Crippen LogP contribution >= 0.6 is 11.9 Å². The smallest absolute Gasteiger partial charge is 0.410 e. The molecule has 70 heavy (non-hydrogen) atoms. The number of ether oxygens (including phenoxy) is 2. The number of nitrogens with zero attached hydrogens (tertiary/aromatic N) is 3. The zero-order valence-electron chi connectivity index (χ0n) is 42.9. The van der Waals surface area contributed by atoms with Gasteiger partial charge in [0, 0.05) is 50.1 Å². The van der Waals surface area contributed by atoms with E-state index in [9.17, 15) is 43.6 Å². The highest BCUT2D eigenvalue weighted by Crippen LogP contribution is 2.33. The Morgan fingerprint density at radius 2 is 1.37 bits per heavy atom. The highest BCUT2D eigenvalue weighted by Gasteiger charge is 2.45. The molecule has 2 aromatic rings. The van der Waals surface area contributed by atoms with Gasteiger partial charge in [0.25, 0.3) is 5.91 Å². The van der Waals surface area contributed by atoms with E-state index in [1.54, 1.807) is 80.5 Å². The molecule has 2 rings (SSSR count). The van der Waals surface area contributed by atoms with E-state index in [1.165, 1.54) is 43.0 Å². The maximum absolute atomic E-state index is 14.4. The van der Waals surface area contributed by atoms with Gasteiger partial charge in [-0.3, -0.25) is 39.5 Å². The van der Waals surface area contributed by atoms with E-state index in [-0.39, 0.29) is 42.1 Å². The van der Waals surface area contributed by atoms with Crippen molar-refractivity contribution in [1.82, 2.24) is 41.1 Å². The molecule has 0 aliphatic carbocycles. The number of likely N-dealkylation sites (N-methyl/N-ethyl adjacent to an activating group) is 2. The van der Waals surface area contributed by atoms with Crippen molar-refractivity contribution in [1.29, 1.82) is 0 Å². The maximum Gasteiger partial charge on any atom is 0.410 e. The molecular weight excluding hydrogens is 925 g/mol. The van der Waals surface area contributed by atoms with Crippen molar-refractivity contribution in [2.24, 2.45) is 11.1 Å². The Labute approximate surface area is 415 Å². The predicted octanol–water partition coefficient (Wildman–Crippen LogP) is 4.96. The number of urea groups is 1. The second-order valence-corrected chi connectivity index (χ2v) is 21.2. The van der Waals surface area contributed by atoms with Crippen molar-refractivity contribution < 1.29 is 53.0 Å². The average Bonchev–Trinajstić information content (AvgIpc) is 3.23. The minimum absolute atomic E-state index is 0.0562. The van der Waals surface area contributed by atoms with Crippen LogP contribution in [0.3, 0.4) is 0 Å². The van der Waals surface area contributed by atoms with Crippen molar-refractivity contribution in [2.75, 3.05) is 39.0 Å². The van der Waals surface area contributed by atoms with Crippen LogP contribution in [0.15, 0.2) is 71.1 Å². The number of benzene rings is 2. The molecule has 22 heteroatoms. The zero-order valence-corrected chi connectivity index (χ0v) is 43.7. The molecule has 0 aromatic heterocycles. The van der Waals surface area contributed by atoms with Crippen LogP contribution in [-0.2, 0) is 38.9 Å². The SMILES string of the molecule is C/C(=C\CN(C)C(=O)C(NC(=O)C(N(C)C(=O)OC(C)(C)C)C(C)(C)c1ccccc1)C(C)(C)C)C(=O)NN(O)Sc1ccccc1NC(=O)C(CCCNC(N)=O)NC(=O)CNC(=O)OC(C)(C)C. The summed E-state index contributed by atoms with van der Waals surface area (Å²) in [4.78, 5) is 108. The minimum atomic E-state index is -1.15. The molecule has 0 aliphatic heterocycles. The second-order valence-electron chi connectivity index (χ2n) is 20.2. The van der Waals surface area contributed by atoms with Gasteiger partial charge in [-0.15, -0.1) is 0 Å². The molecule has 0 fully saturated rings. The summed E-state index contributed by atoms with van der Waals surface area (Å²) in [5.41, 5.74) is 5.16. The molecule has 0 saturated carbocycles. The lowest BCUT2D eigenvalue weighted by molar-refractivity contribution is -0.140. The molecule has 0 heterocycles. The molecule has 21 nitrogen and oxygen atoms in total. The first-order valence-corrected chi connectivity index (χ1v) is 23.4. The fourth-order valence-electron chi connectivity index (χ4n) is 6.66. The van der Waals surface area contributed by atoms with Crippen LogP contribution in [0.5, 0.6) is 0 Å². The van der Waals surface area contributed by atoms with E-state index in [2.05, 4.69) is 32.0 Å². The average molecular weight is 999 g/mol. The summed E-state index contributed by atoms with van der Waals surface area (Å²) >= 11 is 0.642. The summed E-state index contributed by atoms with van der Waals surface area (Å²) in [6.45, 7) is 20.2. The third-order valence-corrected chi connectivity index (χ3v) is 11.1. The van der Waals surface area contributed by atoms with Gasteiger partial charge in [0.1, 0.15) is 35.9 Å². The van der Waals surface area contributed by atoms with Gasteiger partial charge in [-0.2, -0.15) is 0 Å². The Kier molecular flexibility index (Phi) is 22.2. The standard InChI is InChI=1S/C48H74N10O11S/c1-30(26-28-56(13)41(63)36(45(2,3)4)54-40(62)37(57(14)44(66)69-47(8,9)10)48(11,12)31-21-16-15-17-22-31)38(60)55-58(67)70-34-25-19-18-23-32(34)53-39(61)33(24-20-27-50-42(49)64)52-35(59)29-51-43(65)68-46(5,6)7/h15-19,21-23,25-26,33,36-37,67H,20,24,27-29H2,1-14H3,(H,51,65)(H,52,59)(H,53,61)(H,54,62)(H,55,60)(H3,49,50,64)/b30-26+.